The number of nitrogens with one attached hydrogen (secondary N) is 1. The molecule has 1 atom stereocenters. The molecule has 0 aromatic heterocycles. The van der Waals surface area contributed by atoms with E-state index in [-0.39, 0.29) is 12.5 Å². The summed E-state index contributed by atoms with van der Waals surface area (Å²) in [7, 11) is 0. The molecular weight excluding hydrogens is 376 g/mol. The van der Waals surface area contributed by atoms with Gasteiger partial charge in [-0.3, -0.25) is 4.79 Å². The topological polar surface area (TPSA) is 71.4 Å². The Kier molecular flexibility index (Phi) is 6.71. The molecule has 0 bridgehead atoms. The van der Waals surface area contributed by atoms with E-state index in [2.05, 4.69) is 18.3 Å². The molecule has 0 radical (unpaired) electrons. The van der Waals surface area contributed by atoms with Gasteiger partial charge in [-0.2, -0.15) is 5.26 Å². The van der Waals surface area contributed by atoms with Crippen LogP contribution in [0.25, 0.3) is 0 Å². The average molecular weight is 400 g/mol. The second kappa shape index (κ2) is 9.62. The number of nitriles is 1. The Morgan fingerprint density at radius 1 is 0.967 bits per heavy atom. The van der Waals surface area contributed by atoms with Crippen LogP contribution in [-0.2, 0) is 6.42 Å². The maximum atomic E-state index is 12.6. The number of nitrogens with zero attached hydrogens (tertiary/aromatic N) is 1. The fraction of sp³-hybridized carbons (Fsp3) is 0.200. The number of amides is 1. The van der Waals surface area contributed by atoms with Gasteiger partial charge in [0, 0.05) is 5.56 Å². The van der Waals surface area contributed by atoms with E-state index in [1.165, 1.54) is 0 Å². The molecule has 0 aliphatic heterocycles. The zero-order chi connectivity index (χ0) is 21.4. The molecule has 0 spiro atoms. The predicted molar refractivity (Wildman–Crippen MR) is 116 cm³/mol. The number of carbonyl (C=O) groups excluding carboxylic acids is 1. The highest BCUT2D eigenvalue weighted by molar-refractivity contribution is 5.95. The van der Waals surface area contributed by atoms with E-state index in [1.807, 2.05) is 54.6 Å². The molecule has 1 unspecified atom stereocenters. The summed E-state index contributed by atoms with van der Waals surface area (Å²) in [5.74, 6) is 1.38. The van der Waals surface area contributed by atoms with Gasteiger partial charge in [0.15, 0.2) is 17.0 Å². The van der Waals surface area contributed by atoms with Crippen LogP contribution in [0.3, 0.4) is 0 Å². The van der Waals surface area contributed by atoms with E-state index in [1.54, 1.807) is 31.2 Å². The first-order chi connectivity index (χ1) is 14.5. The van der Waals surface area contributed by atoms with Gasteiger partial charge in [0.2, 0.25) is 0 Å². The van der Waals surface area contributed by atoms with E-state index < -0.39 is 5.54 Å². The van der Waals surface area contributed by atoms with Crippen molar-refractivity contribution in [3.8, 4) is 23.3 Å². The number of rotatable bonds is 8. The number of para-hydroxylation sites is 3. The van der Waals surface area contributed by atoms with Gasteiger partial charge in [0.05, 0.1) is 6.07 Å². The minimum Gasteiger partial charge on any atom is -0.486 e. The Bertz CT molecular complexity index is 1030. The zero-order valence-corrected chi connectivity index (χ0v) is 17.1. The molecule has 0 heterocycles. The normalized spacial score (nSPS) is 12.3. The first-order valence-electron chi connectivity index (χ1n) is 9.80. The largest absolute Gasteiger partial charge is 0.486 e. The molecule has 0 aliphatic carbocycles. The second-order valence-electron chi connectivity index (χ2n) is 7.10. The molecule has 30 heavy (non-hydrogen) atoms. The molecule has 5 nitrogen and oxygen atoms in total. The second-order valence-corrected chi connectivity index (χ2v) is 7.10. The molecule has 0 aliphatic rings. The van der Waals surface area contributed by atoms with Gasteiger partial charge in [-0.1, -0.05) is 49.4 Å². The third kappa shape index (κ3) is 5.39. The summed E-state index contributed by atoms with van der Waals surface area (Å²) in [4.78, 5) is 12.6. The SMILES string of the molecule is CCc1ccc(C(=O)NC(C)(C#N)COc2ccccc2Oc2ccccc2)cc1. The van der Waals surface area contributed by atoms with Gasteiger partial charge in [-0.25, -0.2) is 0 Å². The summed E-state index contributed by atoms with van der Waals surface area (Å²) in [6.45, 7) is 3.65. The zero-order valence-electron chi connectivity index (χ0n) is 17.1. The Labute approximate surface area is 176 Å². The van der Waals surface area contributed by atoms with Crippen molar-refractivity contribution in [2.45, 2.75) is 25.8 Å². The minimum atomic E-state index is -1.21. The smallest absolute Gasteiger partial charge is 0.252 e. The molecule has 0 fully saturated rings. The summed E-state index contributed by atoms with van der Waals surface area (Å²) in [5, 5.41) is 12.4. The molecule has 1 amide bonds. The van der Waals surface area contributed by atoms with Crippen LogP contribution in [0.5, 0.6) is 17.2 Å². The van der Waals surface area contributed by atoms with E-state index in [0.717, 1.165) is 12.0 Å². The highest BCUT2D eigenvalue weighted by Gasteiger charge is 2.28. The molecule has 5 heteroatoms. The quantitative estimate of drug-likeness (QED) is 0.569. The van der Waals surface area contributed by atoms with Crippen LogP contribution in [0, 0.1) is 11.3 Å². The van der Waals surface area contributed by atoms with Crippen molar-refractivity contribution in [3.63, 3.8) is 0 Å². The Morgan fingerprint density at radius 3 is 2.23 bits per heavy atom. The van der Waals surface area contributed by atoms with Crippen molar-refractivity contribution < 1.29 is 14.3 Å². The lowest BCUT2D eigenvalue weighted by molar-refractivity contribution is 0.0900. The fourth-order valence-corrected chi connectivity index (χ4v) is 2.80. The van der Waals surface area contributed by atoms with Crippen molar-refractivity contribution in [2.75, 3.05) is 6.61 Å². The molecule has 3 aromatic rings. The third-order valence-electron chi connectivity index (χ3n) is 4.60. The highest BCUT2D eigenvalue weighted by atomic mass is 16.5. The Morgan fingerprint density at radius 2 is 1.60 bits per heavy atom. The molecule has 3 rings (SSSR count). The Balaban J connectivity index is 1.68. The summed E-state index contributed by atoms with van der Waals surface area (Å²) in [6.07, 6.45) is 0.899. The van der Waals surface area contributed by atoms with E-state index in [4.69, 9.17) is 9.47 Å². The highest BCUT2D eigenvalue weighted by Crippen LogP contribution is 2.31. The van der Waals surface area contributed by atoms with E-state index in [0.29, 0.717) is 22.8 Å². The molecule has 152 valence electrons. The standard InChI is InChI=1S/C25H24N2O3/c1-3-19-13-15-20(16-14-19)24(28)27-25(2,17-26)18-29-22-11-7-8-12-23(22)30-21-9-5-4-6-10-21/h4-16H,3,18H2,1-2H3,(H,27,28). The number of carbonyl (C=O) groups is 1. The monoisotopic (exact) mass is 400 g/mol. The van der Waals surface area contributed by atoms with Crippen LogP contribution >= 0.6 is 0 Å². The van der Waals surface area contributed by atoms with Gasteiger partial charge in [-0.05, 0) is 55.3 Å². The molecule has 1 N–H and O–H groups in total. The van der Waals surface area contributed by atoms with Gasteiger partial charge in [-0.15, -0.1) is 0 Å². The summed E-state index contributed by atoms with van der Waals surface area (Å²) < 4.78 is 11.8. The summed E-state index contributed by atoms with van der Waals surface area (Å²) in [5.41, 5.74) is 0.440. The van der Waals surface area contributed by atoms with Crippen molar-refractivity contribution >= 4 is 5.91 Å². The number of hydrogen-bond acceptors (Lipinski definition) is 4. The van der Waals surface area contributed by atoms with Crippen LogP contribution in [0.2, 0.25) is 0 Å². The number of benzene rings is 3. The van der Waals surface area contributed by atoms with E-state index in [9.17, 15) is 10.1 Å². The van der Waals surface area contributed by atoms with Gasteiger partial charge >= 0.3 is 0 Å². The number of hydrogen-bond donors (Lipinski definition) is 1. The van der Waals surface area contributed by atoms with Gasteiger partial charge < -0.3 is 14.8 Å². The van der Waals surface area contributed by atoms with Crippen LogP contribution in [0.4, 0.5) is 0 Å². The number of aryl methyl sites for hydroxylation is 1. The van der Waals surface area contributed by atoms with Crippen LogP contribution < -0.4 is 14.8 Å². The summed E-state index contributed by atoms with van der Waals surface area (Å²) >= 11 is 0. The lowest BCUT2D eigenvalue weighted by atomic mass is 10.0. The lowest BCUT2D eigenvalue weighted by Crippen LogP contribution is -2.49. The molecular formula is C25H24N2O3. The summed E-state index contributed by atoms with van der Waals surface area (Å²) in [6, 6.07) is 26.1. The predicted octanol–water partition coefficient (Wildman–Crippen LogP) is 5.13. The molecule has 3 aromatic carbocycles. The van der Waals surface area contributed by atoms with E-state index >= 15 is 0 Å². The maximum absolute atomic E-state index is 12.6. The van der Waals surface area contributed by atoms with Crippen molar-refractivity contribution in [3.05, 3.63) is 90.0 Å². The molecule has 0 saturated carbocycles. The van der Waals surface area contributed by atoms with Crippen LogP contribution in [0.15, 0.2) is 78.9 Å². The van der Waals surface area contributed by atoms with Crippen molar-refractivity contribution in [2.24, 2.45) is 0 Å². The maximum Gasteiger partial charge on any atom is 0.252 e. The molecule has 0 saturated heterocycles. The Hall–Kier alpha value is -3.78. The average Bonchev–Trinajstić information content (AvgIpc) is 2.79. The van der Waals surface area contributed by atoms with Gasteiger partial charge in [0.25, 0.3) is 5.91 Å². The third-order valence-corrected chi connectivity index (χ3v) is 4.60. The minimum absolute atomic E-state index is 0.0303. The van der Waals surface area contributed by atoms with Crippen LogP contribution in [0.1, 0.15) is 29.8 Å². The lowest BCUT2D eigenvalue weighted by Gasteiger charge is -2.24. The first-order valence-corrected chi connectivity index (χ1v) is 9.80. The van der Waals surface area contributed by atoms with Crippen molar-refractivity contribution in [1.82, 2.24) is 5.32 Å². The van der Waals surface area contributed by atoms with Crippen molar-refractivity contribution in [1.29, 1.82) is 5.26 Å². The fourth-order valence-electron chi connectivity index (χ4n) is 2.80. The van der Waals surface area contributed by atoms with Crippen LogP contribution in [-0.4, -0.2) is 18.1 Å². The number of ether oxygens (including phenoxy) is 2. The first kappa shape index (κ1) is 20.9. The van der Waals surface area contributed by atoms with Gasteiger partial charge in [0.1, 0.15) is 12.4 Å².